The van der Waals surface area contributed by atoms with Crippen LogP contribution in [0.15, 0.2) is 18.2 Å². The fraction of sp³-hybridized carbons (Fsp3) is 0.538. The third-order valence-electron chi connectivity index (χ3n) is 2.37. The quantitative estimate of drug-likeness (QED) is 0.676. The van der Waals surface area contributed by atoms with Gasteiger partial charge >= 0.3 is 0 Å². The van der Waals surface area contributed by atoms with E-state index in [1.54, 1.807) is 7.11 Å². The van der Waals surface area contributed by atoms with Gasteiger partial charge in [0.1, 0.15) is 0 Å². The number of aliphatic hydroxyl groups is 1. The summed E-state index contributed by atoms with van der Waals surface area (Å²) < 4.78 is 10.7. The lowest BCUT2D eigenvalue weighted by atomic mass is 10.2. The van der Waals surface area contributed by atoms with E-state index in [0.717, 1.165) is 36.6 Å². The summed E-state index contributed by atoms with van der Waals surface area (Å²) in [6.07, 6.45) is 0.772. The van der Waals surface area contributed by atoms with Crippen molar-refractivity contribution in [2.75, 3.05) is 26.9 Å². The van der Waals surface area contributed by atoms with E-state index in [0.29, 0.717) is 6.61 Å². The topological polar surface area (TPSA) is 50.7 Å². The van der Waals surface area contributed by atoms with Crippen LogP contribution in [0.5, 0.6) is 11.5 Å². The SMILES string of the molecule is CCOc1cc(CNCCCO)ccc1OC. The van der Waals surface area contributed by atoms with Gasteiger partial charge in [-0.15, -0.1) is 0 Å². The summed E-state index contributed by atoms with van der Waals surface area (Å²) in [6, 6.07) is 5.90. The van der Waals surface area contributed by atoms with Gasteiger partial charge in [-0.1, -0.05) is 6.07 Å². The molecule has 0 spiro atoms. The highest BCUT2D eigenvalue weighted by Gasteiger charge is 2.04. The predicted octanol–water partition coefficient (Wildman–Crippen LogP) is 1.57. The summed E-state index contributed by atoms with van der Waals surface area (Å²) in [6.45, 7) is 4.37. The average Bonchev–Trinajstić information content (AvgIpc) is 2.35. The summed E-state index contributed by atoms with van der Waals surface area (Å²) in [5.41, 5.74) is 1.15. The zero-order valence-electron chi connectivity index (χ0n) is 10.5. The minimum atomic E-state index is 0.222. The van der Waals surface area contributed by atoms with Crippen molar-refractivity contribution in [3.05, 3.63) is 23.8 Å². The molecule has 0 aromatic heterocycles. The van der Waals surface area contributed by atoms with E-state index < -0.39 is 0 Å². The van der Waals surface area contributed by atoms with Crippen LogP contribution < -0.4 is 14.8 Å². The second kappa shape index (κ2) is 7.92. The highest BCUT2D eigenvalue weighted by atomic mass is 16.5. The molecule has 4 heteroatoms. The predicted molar refractivity (Wildman–Crippen MR) is 67.6 cm³/mol. The molecular formula is C13H21NO3. The van der Waals surface area contributed by atoms with Crippen LogP contribution in [0.1, 0.15) is 18.9 Å². The Morgan fingerprint density at radius 2 is 2.12 bits per heavy atom. The van der Waals surface area contributed by atoms with E-state index in [1.807, 2.05) is 25.1 Å². The molecule has 0 radical (unpaired) electrons. The fourth-order valence-electron chi connectivity index (χ4n) is 1.54. The Balaban J connectivity index is 2.57. The number of nitrogens with one attached hydrogen (secondary N) is 1. The molecule has 17 heavy (non-hydrogen) atoms. The van der Waals surface area contributed by atoms with Gasteiger partial charge in [-0.25, -0.2) is 0 Å². The van der Waals surface area contributed by atoms with Crippen LogP contribution in [-0.4, -0.2) is 32.0 Å². The van der Waals surface area contributed by atoms with Crippen LogP contribution in [0.3, 0.4) is 0 Å². The molecule has 0 unspecified atom stereocenters. The van der Waals surface area contributed by atoms with E-state index in [1.165, 1.54) is 0 Å². The average molecular weight is 239 g/mol. The first-order valence-corrected chi connectivity index (χ1v) is 5.93. The lowest BCUT2D eigenvalue weighted by Crippen LogP contribution is -2.15. The van der Waals surface area contributed by atoms with Crippen LogP contribution in [0.2, 0.25) is 0 Å². The highest BCUT2D eigenvalue weighted by Crippen LogP contribution is 2.27. The molecule has 0 atom stereocenters. The van der Waals surface area contributed by atoms with Crippen molar-refractivity contribution in [1.82, 2.24) is 5.32 Å². The van der Waals surface area contributed by atoms with Crippen molar-refractivity contribution in [1.29, 1.82) is 0 Å². The zero-order valence-corrected chi connectivity index (χ0v) is 10.5. The van der Waals surface area contributed by atoms with E-state index in [2.05, 4.69) is 5.32 Å². The number of methoxy groups -OCH3 is 1. The molecule has 0 amide bonds. The minimum absolute atomic E-state index is 0.222. The largest absolute Gasteiger partial charge is 0.493 e. The van der Waals surface area contributed by atoms with Gasteiger partial charge in [0.05, 0.1) is 13.7 Å². The lowest BCUT2D eigenvalue weighted by Gasteiger charge is -2.11. The molecule has 1 rings (SSSR count). The molecule has 0 aliphatic rings. The molecule has 0 heterocycles. The van der Waals surface area contributed by atoms with Crippen LogP contribution in [0.4, 0.5) is 0 Å². The van der Waals surface area contributed by atoms with E-state index >= 15 is 0 Å². The van der Waals surface area contributed by atoms with Crippen LogP contribution >= 0.6 is 0 Å². The minimum Gasteiger partial charge on any atom is -0.493 e. The van der Waals surface area contributed by atoms with Crippen molar-refractivity contribution in [3.8, 4) is 11.5 Å². The Kier molecular flexibility index (Phi) is 6.43. The van der Waals surface area contributed by atoms with Gasteiger partial charge in [-0.3, -0.25) is 0 Å². The van der Waals surface area contributed by atoms with Crippen molar-refractivity contribution >= 4 is 0 Å². The maximum atomic E-state index is 8.67. The standard InChI is InChI=1S/C13H21NO3/c1-3-17-13-9-11(5-6-12(13)16-2)10-14-7-4-8-15/h5-6,9,14-15H,3-4,7-8,10H2,1-2H3. The third kappa shape index (κ3) is 4.63. The Hall–Kier alpha value is -1.26. The molecule has 96 valence electrons. The van der Waals surface area contributed by atoms with Gasteiger partial charge in [0.15, 0.2) is 11.5 Å². The first kappa shape index (κ1) is 13.8. The molecule has 0 aliphatic heterocycles. The van der Waals surface area contributed by atoms with Gasteiger partial charge < -0.3 is 19.9 Å². The van der Waals surface area contributed by atoms with Crippen LogP contribution in [0.25, 0.3) is 0 Å². The van der Waals surface area contributed by atoms with Gasteiger partial charge in [-0.05, 0) is 37.6 Å². The molecule has 0 fully saturated rings. The van der Waals surface area contributed by atoms with Gasteiger partial charge in [0.2, 0.25) is 0 Å². The summed E-state index contributed by atoms with van der Waals surface area (Å²) in [4.78, 5) is 0. The van der Waals surface area contributed by atoms with Gasteiger partial charge in [-0.2, -0.15) is 0 Å². The maximum absolute atomic E-state index is 8.67. The second-order valence-electron chi connectivity index (χ2n) is 3.67. The van der Waals surface area contributed by atoms with Crippen molar-refractivity contribution in [3.63, 3.8) is 0 Å². The molecule has 0 aliphatic carbocycles. The number of aliphatic hydroxyl groups excluding tert-OH is 1. The van der Waals surface area contributed by atoms with Crippen LogP contribution in [-0.2, 0) is 6.54 Å². The summed E-state index contributed by atoms with van der Waals surface area (Å²) in [5, 5.41) is 11.9. The Morgan fingerprint density at radius 1 is 1.29 bits per heavy atom. The first-order valence-electron chi connectivity index (χ1n) is 5.93. The normalized spacial score (nSPS) is 10.3. The van der Waals surface area contributed by atoms with E-state index in [4.69, 9.17) is 14.6 Å². The van der Waals surface area contributed by atoms with Crippen molar-refractivity contribution in [2.45, 2.75) is 19.9 Å². The maximum Gasteiger partial charge on any atom is 0.161 e. The van der Waals surface area contributed by atoms with E-state index in [-0.39, 0.29) is 6.61 Å². The first-order chi connectivity index (χ1) is 8.31. The Morgan fingerprint density at radius 3 is 2.76 bits per heavy atom. The van der Waals surface area contributed by atoms with Crippen LogP contribution in [0, 0.1) is 0 Å². The summed E-state index contributed by atoms with van der Waals surface area (Å²) in [5.74, 6) is 1.53. The number of ether oxygens (including phenoxy) is 2. The Labute approximate surface area is 103 Å². The summed E-state index contributed by atoms with van der Waals surface area (Å²) in [7, 11) is 1.64. The van der Waals surface area contributed by atoms with Gasteiger partial charge in [0, 0.05) is 13.2 Å². The van der Waals surface area contributed by atoms with Gasteiger partial charge in [0.25, 0.3) is 0 Å². The lowest BCUT2D eigenvalue weighted by molar-refractivity contribution is 0.286. The fourth-order valence-corrected chi connectivity index (χ4v) is 1.54. The number of hydrogen-bond donors (Lipinski definition) is 2. The smallest absolute Gasteiger partial charge is 0.161 e. The third-order valence-corrected chi connectivity index (χ3v) is 2.37. The molecule has 1 aromatic carbocycles. The molecular weight excluding hydrogens is 218 g/mol. The number of benzene rings is 1. The molecule has 0 bridgehead atoms. The van der Waals surface area contributed by atoms with Crippen molar-refractivity contribution in [2.24, 2.45) is 0 Å². The zero-order chi connectivity index (χ0) is 12.5. The highest BCUT2D eigenvalue weighted by molar-refractivity contribution is 5.42. The molecule has 2 N–H and O–H groups in total. The molecule has 0 saturated heterocycles. The second-order valence-corrected chi connectivity index (χ2v) is 3.67. The Bertz CT molecular complexity index is 328. The number of hydrogen-bond acceptors (Lipinski definition) is 4. The van der Waals surface area contributed by atoms with Crippen molar-refractivity contribution < 1.29 is 14.6 Å². The molecule has 1 aromatic rings. The summed E-state index contributed by atoms with van der Waals surface area (Å²) >= 11 is 0. The monoisotopic (exact) mass is 239 g/mol. The number of rotatable bonds is 8. The molecule has 4 nitrogen and oxygen atoms in total. The molecule has 0 saturated carbocycles. The van der Waals surface area contributed by atoms with E-state index in [9.17, 15) is 0 Å².